The van der Waals surface area contributed by atoms with Crippen LogP contribution in [0.25, 0.3) is 11.1 Å². The topological polar surface area (TPSA) is 89.8 Å². The maximum Gasteiger partial charge on any atom is 0.255 e. The molecule has 0 fully saturated rings. The lowest BCUT2D eigenvalue weighted by Gasteiger charge is -2.12. The van der Waals surface area contributed by atoms with Gasteiger partial charge >= 0.3 is 0 Å². The summed E-state index contributed by atoms with van der Waals surface area (Å²) in [4.78, 5) is 12.1. The molecule has 0 saturated carbocycles. The summed E-state index contributed by atoms with van der Waals surface area (Å²) < 4.78 is 0. The zero-order chi connectivity index (χ0) is 17.8. The predicted octanol–water partition coefficient (Wildman–Crippen LogP) is 3.40. The van der Waals surface area contributed by atoms with Crippen molar-refractivity contribution in [1.29, 1.82) is 0 Å². The smallest absolute Gasteiger partial charge is 0.255 e. The summed E-state index contributed by atoms with van der Waals surface area (Å²) in [6.45, 7) is 0.0155. The van der Waals surface area contributed by atoms with Crippen LogP contribution in [0.1, 0.15) is 15.9 Å². The van der Waals surface area contributed by atoms with Crippen LogP contribution < -0.4 is 5.32 Å². The second-order valence-electron chi connectivity index (χ2n) is 5.56. The zero-order valence-electron chi connectivity index (χ0n) is 13.3. The number of amides is 1. The molecule has 1 amide bonds. The molecule has 3 aromatic carbocycles. The van der Waals surface area contributed by atoms with E-state index in [9.17, 15) is 20.1 Å². The maximum absolute atomic E-state index is 12.1. The molecule has 25 heavy (non-hydrogen) atoms. The highest BCUT2D eigenvalue weighted by atomic mass is 16.3. The Kier molecular flexibility index (Phi) is 4.57. The van der Waals surface area contributed by atoms with E-state index in [2.05, 4.69) is 5.32 Å². The lowest BCUT2D eigenvalue weighted by Crippen LogP contribution is -2.22. The number of nitrogens with one attached hydrogen (secondary N) is 1. The van der Waals surface area contributed by atoms with Crippen molar-refractivity contribution < 1.29 is 20.1 Å². The number of aromatic hydroxyl groups is 3. The molecule has 0 unspecified atom stereocenters. The minimum atomic E-state index is -0.468. The highest BCUT2D eigenvalue weighted by Crippen LogP contribution is 2.34. The van der Waals surface area contributed by atoms with Gasteiger partial charge in [-0.3, -0.25) is 4.79 Å². The molecular formula is C20H17NO4. The van der Waals surface area contributed by atoms with Crippen molar-refractivity contribution in [2.45, 2.75) is 6.54 Å². The van der Waals surface area contributed by atoms with E-state index in [1.54, 1.807) is 12.1 Å². The molecule has 5 heteroatoms. The Labute approximate surface area is 144 Å². The minimum absolute atomic E-state index is 0.0100. The SMILES string of the molecule is O=C(NCc1cc(O)c(-c2ccccc2)cc1O)c1ccccc1O. The highest BCUT2D eigenvalue weighted by Gasteiger charge is 2.13. The average Bonchev–Trinajstić information content (AvgIpc) is 2.63. The molecule has 126 valence electrons. The molecule has 0 bridgehead atoms. The largest absolute Gasteiger partial charge is 0.508 e. The van der Waals surface area contributed by atoms with Crippen LogP contribution in [0.2, 0.25) is 0 Å². The Hall–Kier alpha value is -3.47. The van der Waals surface area contributed by atoms with Crippen molar-refractivity contribution >= 4 is 5.91 Å². The number of benzene rings is 3. The average molecular weight is 335 g/mol. The molecule has 5 nitrogen and oxygen atoms in total. The van der Waals surface area contributed by atoms with Crippen LogP contribution in [0.5, 0.6) is 17.2 Å². The Bertz CT molecular complexity index is 907. The number of para-hydroxylation sites is 1. The van der Waals surface area contributed by atoms with Gasteiger partial charge < -0.3 is 20.6 Å². The predicted molar refractivity (Wildman–Crippen MR) is 94.5 cm³/mol. The molecule has 0 saturated heterocycles. The van der Waals surface area contributed by atoms with Crippen LogP contribution in [0.3, 0.4) is 0 Å². The van der Waals surface area contributed by atoms with E-state index in [1.165, 1.54) is 24.3 Å². The zero-order valence-corrected chi connectivity index (χ0v) is 13.3. The van der Waals surface area contributed by atoms with E-state index in [1.807, 2.05) is 30.3 Å². The van der Waals surface area contributed by atoms with E-state index in [0.717, 1.165) is 5.56 Å². The van der Waals surface area contributed by atoms with Crippen molar-refractivity contribution in [3.8, 4) is 28.4 Å². The van der Waals surface area contributed by atoms with Gasteiger partial charge in [-0.15, -0.1) is 0 Å². The third-order valence-electron chi connectivity index (χ3n) is 3.87. The van der Waals surface area contributed by atoms with Crippen LogP contribution in [0, 0.1) is 0 Å². The molecule has 0 spiro atoms. The van der Waals surface area contributed by atoms with Crippen molar-refractivity contribution in [3.05, 3.63) is 77.9 Å². The van der Waals surface area contributed by atoms with Gasteiger partial charge in [0.1, 0.15) is 17.2 Å². The van der Waals surface area contributed by atoms with Crippen LogP contribution >= 0.6 is 0 Å². The van der Waals surface area contributed by atoms with Crippen molar-refractivity contribution in [2.24, 2.45) is 0 Å². The van der Waals surface area contributed by atoms with Gasteiger partial charge in [-0.25, -0.2) is 0 Å². The summed E-state index contributed by atoms with van der Waals surface area (Å²) in [5.74, 6) is -0.610. The first kappa shape index (κ1) is 16.4. The number of rotatable bonds is 4. The summed E-state index contributed by atoms with van der Waals surface area (Å²) in [6, 6.07) is 18.3. The van der Waals surface area contributed by atoms with Gasteiger partial charge in [0.15, 0.2) is 0 Å². The first-order valence-corrected chi connectivity index (χ1v) is 7.72. The third kappa shape index (κ3) is 3.55. The first-order chi connectivity index (χ1) is 12.1. The van der Waals surface area contributed by atoms with Gasteiger partial charge in [0, 0.05) is 17.7 Å². The van der Waals surface area contributed by atoms with Gasteiger partial charge in [-0.05, 0) is 29.8 Å². The number of hydrogen-bond acceptors (Lipinski definition) is 4. The van der Waals surface area contributed by atoms with Crippen molar-refractivity contribution in [3.63, 3.8) is 0 Å². The maximum atomic E-state index is 12.1. The Morgan fingerprint density at radius 2 is 1.48 bits per heavy atom. The fourth-order valence-electron chi connectivity index (χ4n) is 2.55. The van der Waals surface area contributed by atoms with E-state index in [4.69, 9.17) is 0 Å². The number of phenols is 3. The molecule has 0 atom stereocenters. The quantitative estimate of drug-likeness (QED) is 0.550. The molecule has 0 aliphatic carbocycles. The van der Waals surface area contributed by atoms with E-state index < -0.39 is 5.91 Å². The summed E-state index contributed by atoms with van der Waals surface area (Å²) >= 11 is 0. The van der Waals surface area contributed by atoms with E-state index in [0.29, 0.717) is 11.1 Å². The molecule has 4 N–H and O–H groups in total. The Morgan fingerprint density at radius 3 is 2.20 bits per heavy atom. The lowest BCUT2D eigenvalue weighted by molar-refractivity contribution is 0.0948. The number of carbonyl (C=O) groups excluding carboxylic acids is 1. The van der Waals surface area contributed by atoms with Crippen LogP contribution in [0.15, 0.2) is 66.7 Å². The van der Waals surface area contributed by atoms with Gasteiger partial charge in [-0.2, -0.15) is 0 Å². The molecule has 3 rings (SSSR count). The van der Waals surface area contributed by atoms with Crippen molar-refractivity contribution in [2.75, 3.05) is 0 Å². The molecule has 0 aliphatic heterocycles. The van der Waals surface area contributed by atoms with Gasteiger partial charge in [-0.1, -0.05) is 42.5 Å². The second kappa shape index (κ2) is 6.97. The second-order valence-corrected chi connectivity index (χ2v) is 5.56. The van der Waals surface area contributed by atoms with Crippen LogP contribution in [-0.4, -0.2) is 21.2 Å². The normalized spacial score (nSPS) is 10.4. The fraction of sp³-hybridized carbons (Fsp3) is 0.0500. The fourth-order valence-corrected chi connectivity index (χ4v) is 2.55. The summed E-state index contributed by atoms with van der Waals surface area (Å²) in [5, 5.41) is 32.7. The first-order valence-electron chi connectivity index (χ1n) is 7.72. The summed E-state index contributed by atoms with van der Waals surface area (Å²) in [6.07, 6.45) is 0. The molecule has 3 aromatic rings. The lowest BCUT2D eigenvalue weighted by atomic mass is 10.0. The van der Waals surface area contributed by atoms with E-state index >= 15 is 0 Å². The van der Waals surface area contributed by atoms with E-state index in [-0.39, 0.29) is 29.4 Å². The van der Waals surface area contributed by atoms with Crippen LogP contribution in [-0.2, 0) is 6.54 Å². The van der Waals surface area contributed by atoms with Gasteiger partial charge in [0.25, 0.3) is 5.91 Å². The Balaban J connectivity index is 1.79. The van der Waals surface area contributed by atoms with Crippen molar-refractivity contribution in [1.82, 2.24) is 5.32 Å². The molecule has 0 aromatic heterocycles. The molecule has 0 aliphatic rings. The number of hydrogen-bond donors (Lipinski definition) is 4. The standard InChI is InChI=1S/C20H17NO4/c22-17-9-5-4-8-15(17)20(25)21-12-14-10-19(24)16(11-18(14)23)13-6-2-1-3-7-13/h1-11,22-24H,12H2,(H,21,25). The highest BCUT2D eigenvalue weighted by molar-refractivity contribution is 5.96. The number of carbonyl (C=O) groups is 1. The number of phenolic OH excluding ortho intramolecular Hbond substituents is 3. The Morgan fingerprint density at radius 1 is 0.800 bits per heavy atom. The molecular weight excluding hydrogens is 318 g/mol. The van der Waals surface area contributed by atoms with Crippen LogP contribution in [0.4, 0.5) is 0 Å². The summed E-state index contributed by atoms with van der Waals surface area (Å²) in [7, 11) is 0. The molecule has 0 radical (unpaired) electrons. The molecule has 0 heterocycles. The third-order valence-corrected chi connectivity index (χ3v) is 3.87. The van der Waals surface area contributed by atoms with Gasteiger partial charge in [0.2, 0.25) is 0 Å². The monoisotopic (exact) mass is 335 g/mol. The summed E-state index contributed by atoms with van der Waals surface area (Å²) in [5.41, 5.74) is 1.81. The minimum Gasteiger partial charge on any atom is -0.508 e. The van der Waals surface area contributed by atoms with Gasteiger partial charge in [0.05, 0.1) is 5.56 Å².